The number of hydrogen-bond acceptors (Lipinski definition) is 3. The average Bonchev–Trinajstić information content (AvgIpc) is 3.50. The molecule has 4 amide bonds. The van der Waals surface area contributed by atoms with E-state index < -0.39 is 0 Å². The summed E-state index contributed by atoms with van der Waals surface area (Å²) in [7, 11) is 0. The number of carbonyl (C=O) groups excluding carboxylic acids is 3. The molecule has 0 saturated heterocycles. The number of amides is 4. The third-order valence-corrected chi connectivity index (χ3v) is 4.56. The molecule has 2 aromatic rings. The number of hydrogen-bond donors (Lipinski definition) is 4. The first-order valence-electron chi connectivity index (χ1n) is 9.53. The van der Waals surface area contributed by atoms with Crippen LogP contribution in [0, 0.1) is 0 Å². The summed E-state index contributed by atoms with van der Waals surface area (Å²) in [5, 5.41) is 11.5. The van der Waals surface area contributed by atoms with Crippen LogP contribution in [-0.4, -0.2) is 30.4 Å². The van der Waals surface area contributed by atoms with E-state index in [0.29, 0.717) is 34.1 Å². The second-order valence-corrected chi connectivity index (χ2v) is 7.29. The maximum Gasteiger partial charge on any atom is 0.319 e. The molecule has 3 rings (SSSR count). The van der Waals surface area contributed by atoms with Crippen LogP contribution in [0.2, 0.25) is 5.02 Å². The highest BCUT2D eigenvalue weighted by Crippen LogP contribution is 2.22. The fourth-order valence-electron chi connectivity index (χ4n) is 2.63. The normalized spacial score (nSPS) is 12.8. The molecule has 152 valence electrons. The lowest BCUT2D eigenvalue weighted by molar-refractivity contribution is 0.0954. The van der Waals surface area contributed by atoms with Crippen molar-refractivity contribution in [2.24, 2.45) is 0 Å². The number of urea groups is 1. The molecule has 4 N–H and O–H groups in total. The van der Waals surface area contributed by atoms with Crippen molar-refractivity contribution in [3.8, 4) is 0 Å². The minimum Gasteiger partial charge on any atom is -0.352 e. The Bertz CT molecular complexity index is 911. The van der Waals surface area contributed by atoms with Crippen LogP contribution in [-0.2, 0) is 0 Å². The quantitative estimate of drug-likeness (QED) is 0.550. The minimum atomic E-state index is -0.384. The van der Waals surface area contributed by atoms with Crippen LogP contribution in [0.1, 0.15) is 46.9 Å². The number of halogens is 1. The predicted molar refractivity (Wildman–Crippen MR) is 114 cm³/mol. The van der Waals surface area contributed by atoms with Crippen molar-refractivity contribution in [1.82, 2.24) is 10.6 Å². The summed E-state index contributed by atoms with van der Waals surface area (Å²) in [5.41, 5.74) is 1.65. The van der Waals surface area contributed by atoms with Crippen LogP contribution in [0.3, 0.4) is 0 Å². The topological polar surface area (TPSA) is 99.3 Å². The van der Waals surface area contributed by atoms with Crippen LogP contribution in [0.5, 0.6) is 0 Å². The summed E-state index contributed by atoms with van der Waals surface area (Å²) in [6.45, 7) is 2.50. The molecule has 1 aliphatic rings. The fourth-order valence-corrected chi connectivity index (χ4v) is 2.80. The molecule has 1 fully saturated rings. The average molecular weight is 415 g/mol. The Labute approximate surface area is 174 Å². The predicted octanol–water partition coefficient (Wildman–Crippen LogP) is 4.02. The standard InChI is InChI=1S/C21H23ClN4O3/c1-2-11-23-20(28)17-10-5-14(22)12-18(17)26-19(27)13-3-6-15(7-4-13)24-21(29)25-16-8-9-16/h3-7,10,12,16H,2,8-9,11H2,1H3,(H,23,28)(H,26,27)(H2,24,25,29). The molecule has 8 heteroatoms. The van der Waals surface area contributed by atoms with Crippen LogP contribution >= 0.6 is 11.6 Å². The largest absolute Gasteiger partial charge is 0.352 e. The number of carbonyl (C=O) groups is 3. The highest BCUT2D eigenvalue weighted by atomic mass is 35.5. The highest BCUT2D eigenvalue weighted by Gasteiger charge is 2.23. The van der Waals surface area contributed by atoms with Crippen LogP contribution in [0.15, 0.2) is 42.5 Å². The lowest BCUT2D eigenvalue weighted by atomic mass is 10.1. The molecule has 1 aliphatic carbocycles. The molecule has 0 radical (unpaired) electrons. The van der Waals surface area contributed by atoms with E-state index in [1.165, 1.54) is 0 Å². The molecule has 2 aromatic carbocycles. The van der Waals surface area contributed by atoms with Crippen molar-refractivity contribution in [2.45, 2.75) is 32.2 Å². The summed E-state index contributed by atoms with van der Waals surface area (Å²) in [4.78, 5) is 36.7. The van der Waals surface area contributed by atoms with Gasteiger partial charge in [-0.3, -0.25) is 9.59 Å². The lowest BCUT2D eigenvalue weighted by Crippen LogP contribution is -2.30. The van der Waals surface area contributed by atoms with E-state index in [9.17, 15) is 14.4 Å². The van der Waals surface area contributed by atoms with Crippen molar-refractivity contribution in [3.63, 3.8) is 0 Å². The number of anilines is 2. The zero-order valence-corrected chi connectivity index (χ0v) is 16.8. The smallest absolute Gasteiger partial charge is 0.319 e. The Morgan fingerprint density at radius 3 is 2.38 bits per heavy atom. The Hall–Kier alpha value is -3.06. The van der Waals surface area contributed by atoms with Gasteiger partial charge in [0.15, 0.2) is 0 Å². The van der Waals surface area contributed by atoms with E-state index in [-0.39, 0.29) is 23.9 Å². The molecule has 0 unspecified atom stereocenters. The van der Waals surface area contributed by atoms with Crippen molar-refractivity contribution in [1.29, 1.82) is 0 Å². The Morgan fingerprint density at radius 1 is 1.00 bits per heavy atom. The minimum absolute atomic E-state index is 0.258. The summed E-state index contributed by atoms with van der Waals surface area (Å²) in [6.07, 6.45) is 2.82. The number of nitrogens with one attached hydrogen (secondary N) is 4. The molecule has 1 saturated carbocycles. The number of benzene rings is 2. The van der Waals surface area contributed by atoms with Crippen LogP contribution in [0.25, 0.3) is 0 Å². The van der Waals surface area contributed by atoms with Gasteiger partial charge >= 0.3 is 6.03 Å². The van der Waals surface area contributed by atoms with Gasteiger partial charge in [0.05, 0.1) is 11.3 Å². The summed E-state index contributed by atoms with van der Waals surface area (Å²) < 4.78 is 0. The van der Waals surface area contributed by atoms with Gasteiger partial charge in [-0.25, -0.2) is 4.79 Å². The SMILES string of the molecule is CCCNC(=O)c1ccc(Cl)cc1NC(=O)c1ccc(NC(=O)NC2CC2)cc1. The third kappa shape index (κ3) is 5.96. The first-order valence-corrected chi connectivity index (χ1v) is 9.90. The molecule has 7 nitrogen and oxygen atoms in total. The molecule has 29 heavy (non-hydrogen) atoms. The highest BCUT2D eigenvalue weighted by molar-refractivity contribution is 6.31. The zero-order valence-electron chi connectivity index (χ0n) is 16.0. The van der Waals surface area contributed by atoms with Gasteiger partial charge in [0.25, 0.3) is 11.8 Å². The molecule has 0 aliphatic heterocycles. The maximum atomic E-state index is 12.6. The second kappa shape index (κ2) is 9.43. The number of rotatable bonds is 7. The van der Waals surface area contributed by atoms with Crippen molar-refractivity contribution in [3.05, 3.63) is 58.6 Å². The fraction of sp³-hybridized carbons (Fsp3) is 0.286. The second-order valence-electron chi connectivity index (χ2n) is 6.85. The third-order valence-electron chi connectivity index (χ3n) is 4.33. The lowest BCUT2D eigenvalue weighted by Gasteiger charge is -2.12. The van der Waals surface area contributed by atoms with Gasteiger partial charge in [0.2, 0.25) is 0 Å². The van der Waals surface area contributed by atoms with E-state index in [0.717, 1.165) is 19.3 Å². The first kappa shape index (κ1) is 20.7. The van der Waals surface area contributed by atoms with Gasteiger partial charge < -0.3 is 21.3 Å². The molecular weight excluding hydrogens is 392 g/mol. The van der Waals surface area contributed by atoms with E-state index >= 15 is 0 Å². The van der Waals surface area contributed by atoms with Crippen molar-refractivity contribution >= 4 is 40.8 Å². The molecule has 0 bridgehead atoms. The maximum absolute atomic E-state index is 12.6. The Balaban J connectivity index is 1.67. The van der Waals surface area contributed by atoms with Crippen LogP contribution in [0.4, 0.5) is 16.2 Å². The van der Waals surface area contributed by atoms with Gasteiger partial charge in [-0.15, -0.1) is 0 Å². The van der Waals surface area contributed by atoms with E-state index in [1.807, 2.05) is 6.92 Å². The monoisotopic (exact) mass is 414 g/mol. The molecule has 0 atom stereocenters. The molecule has 0 spiro atoms. The van der Waals surface area contributed by atoms with Gasteiger partial charge in [-0.2, -0.15) is 0 Å². The zero-order chi connectivity index (χ0) is 20.8. The van der Waals surface area contributed by atoms with Crippen molar-refractivity contribution in [2.75, 3.05) is 17.2 Å². The summed E-state index contributed by atoms with van der Waals surface area (Å²) >= 11 is 6.04. The van der Waals surface area contributed by atoms with Crippen molar-refractivity contribution < 1.29 is 14.4 Å². The van der Waals surface area contributed by atoms with Gasteiger partial charge in [-0.05, 0) is 61.7 Å². The Kier molecular flexibility index (Phi) is 6.72. The first-order chi connectivity index (χ1) is 14.0. The molecular formula is C21H23ClN4O3. The Morgan fingerprint density at radius 2 is 1.72 bits per heavy atom. The van der Waals surface area contributed by atoms with E-state index in [2.05, 4.69) is 21.3 Å². The summed E-state index contributed by atoms with van der Waals surface area (Å²) in [6, 6.07) is 11.2. The van der Waals surface area contributed by atoms with E-state index in [1.54, 1.807) is 42.5 Å². The van der Waals surface area contributed by atoms with Gasteiger partial charge in [0, 0.05) is 28.9 Å². The van der Waals surface area contributed by atoms with Gasteiger partial charge in [-0.1, -0.05) is 18.5 Å². The molecule has 0 heterocycles. The van der Waals surface area contributed by atoms with Gasteiger partial charge in [0.1, 0.15) is 0 Å². The summed E-state index contributed by atoms with van der Waals surface area (Å²) in [5.74, 6) is -0.661. The van der Waals surface area contributed by atoms with E-state index in [4.69, 9.17) is 11.6 Å². The van der Waals surface area contributed by atoms with Crippen LogP contribution < -0.4 is 21.3 Å². The molecule has 0 aromatic heterocycles.